The Morgan fingerprint density at radius 2 is 1.27 bits per heavy atom. The minimum Gasteiger partial charge on any atom is -0.494 e. The van der Waals surface area contributed by atoms with E-state index < -0.39 is 23.9 Å². The number of carbonyl (C=O) groups is 4. The third kappa shape index (κ3) is 9.81. The summed E-state index contributed by atoms with van der Waals surface area (Å²) in [5, 5.41) is 0. The fraction of sp³-hybridized carbons (Fsp3) is 0.188. The van der Waals surface area contributed by atoms with Crippen LogP contribution in [0.2, 0.25) is 0 Å². The van der Waals surface area contributed by atoms with E-state index in [4.69, 9.17) is 18.9 Å². The maximum Gasteiger partial charge on any atom is 0.343 e. The molecule has 0 aliphatic rings. The highest BCUT2D eigenvalue weighted by Gasteiger charge is 2.15. The molecule has 212 valence electrons. The van der Waals surface area contributed by atoms with Crippen molar-refractivity contribution < 1.29 is 42.9 Å². The van der Waals surface area contributed by atoms with Crippen molar-refractivity contribution in [2.45, 2.75) is 19.3 Å². The highest BCUT2D eigenvalue weighted by molar-refractivity contribution is 5.94. The van der Waals surface area contributed by atoms with Crippen LogP contribution in [0.1, 0.15) is 29.6 Å². The molecule has 0 N–H and O–H groups in total. The summed E-state index contributed by atoms with van der Waals surface area (Å²) in [6, 6.07) is 20.4. The zero-order valence-corrected chi connectivity index (χ0v) is 22.6. The summed E-state index contributed by atoms with van der Waals surface area (Å²) in [6.45, 7) is 7.64. The number of methoxy groups -OCH3 is 1. The van der Waals surface area contributed by atoms with Crippen molar-refractivity contribution in [2.75, 3.05) is 20.3 Å². The van der Waals surface area contributed by atoms with Crippen molar-refractivity contribution in [3.8, 4) is 28.4 Å². The molecule has 9 heteroatoms. The maximum absolute atomic E-state index is 12.6. The Kier molecular flexibility index (Phi) is 11.4. The molecule has 0 bridgehead atoms. The summed E-state index contributed by atoms with van der Waals surface area (Å²) in [5.74, 6) is -0.941. The van der Waals surface area contributed by atoms with E-state index in [9.17, 15) is 19.2 Å². The van der Waals surface area contributed by atoms with Gasteiger partial charge in [0, 0.05) is 11.6 Å². The number of hydrogen-bond acceptors (Lipinski definition) is 9. The van der Waals surface area contributed by atoms with Crippen molar-refractivity contribution >= 4 is 23.9 Å². The van der Waals surface area contributed by atoms with Crippen LogP contribution in [-0.2, 0) is 23.9 Å². The summed E-state index contributed by atoms with van der Waals surface area (Å²) >= 11 is 0. The van der Waals surface area contributed by atoms with E-state index in [0.717, 1.165) is 17.2 Å². The second-order valence-corrected chi connectivity index (χ2v) is 8.64. The third-order valence-corrected chi connectivity index (χ3v) is 5.65. The van der Waals surface area contributed by atoms with E-state index in [1.165, 1.54) is 7.11 Å². The van der Waals surface area contributed by atoms with Crippen molar-refractivity contribution in [2.24, 2.45) is 0 Å². The Morgan fingerprint density at radius 1 is 0.732 bits per heavy atom. The highest BCUT2D eigenvalue weighted by Crippen LogP contribution is 2.26. The van der Waals surface area contributed by atoms with E-state index in [1.807, 2.05) is 0 Å². The average Bonchev–Trinajstić information content (AvgIpc) is 2.99. The van der Waals surface area contributed by atoms with Crippen LogP contribution in [0.25, 0.3) is 11.1 Å². The van der Waals surface area contributed by atoms with E-state index >= 15 is 0 Å². The zero-order chi connectivity index (χ0) is 29.6. The normalized spacial score (nSPS) is 10.2. The van der Waals surface area contributed by atoms with Gasteiger partial charge in [-0.05, 0) is 72.5 Å². The molecule has 0 aliphatic carbocycles. The molecular formula is C32H30O9. The van der Waals surface area contributed by atoms with Crippen molar-refractivity contribution in [1.29, 1.82) is 0 Å². The fourth-order valence-corrected chi connectivity index (χ4v) is 3.41. The van der Waals surface area contributed by atoms with Gasteiger partial charge in [-0.2, -0.15) is 0 Å². The number of benzene rings is 3. The summed E-state index contributed by atoms with van der Waals surface area (Å²) in [4.78, 5) is 46.9. The Bertz CT molecular complexity index is 1370. The molecule has 0 saturated heterocycles. The van der Waals surface area contributed by atoms with Gasteiger partial charge in [0.05, 0.1) is 32.3 Å². The molecule has 3 aromatic rings. The van der Waals surface area contributed by atoms with Crippen LogP contribution in [0.15, 0.2) is 97.6 Å². The minimum absolute atomic E-state index is 0.00670. The first-order valence-corrected chi connectivity index (χ1v) is 12.7. The summed E-state index contributed by atoms with van der Waals surface area (Å²) in [6.07, 6.45) is 2.25. The molecular weight excluding hydrogens is 528 g/mol. The quantitative estimate of drug-likeness (QED) is 0.110. The number of hydrogen-bond donors (Lipinski definition) is 0. The van der Waals surface area contributed by atoms with Crippen LogP contribution in [0.4, 0.5) is 0 Å². The maximum atomic E-state index is 12.6. The summed E-state index contributed by atoms with van der Waals surface area (Å²) < 4.78 is 25.8. The van der Waals surface area contributed by atoms with Crippen LogP contribution in [0, 0.1) is 0 Å². The van der Waals surface area contributed by atoms with Crippen LogP contribution < -0.4 is 14.2 Å². The molecule has 41 heavy (non-hydrogen) atoms. The Hall–Kier alpha value is -5.18. The fourth-order valence-electron chi connectivity index (χ4n) is 3.41. The molecule has 0 atom stereocenters. The molecule has 0 radical (unpaired) electrons. The van der Waals surface area contributed by atoms with E-state index in [2.05, 4.69) is 17.9 Å². The lowest BCUT2D eigenvalue weighted by Gasteiger charge is -2.09. The Labute approximate surface area is 237 Å². The number of unbranched alkanes of at least 4 members (excludes halogenated alkanes) is 1. The lowest BCUT2D eigenvalue weighted by Crippen LogP contribution is -2.14. The lowest BCUT2D eigenvalue weighted by molar-refractivity contribution is -0.141. The summed E-state index contributed by atoms with van der Waals surface area (Å²) in [5.41, 5.74) is 2.08. The number of esters is 4. The van der Waals surface area contributed by atoms with Gasteiger partial charge in [-0.15, -0.1) is 0 Å². The standard InChI is InChI=1S/C32H30O9/c1-4-29(33)39-20-6-5-19-38-26-13-11-25(12-14-26)32(36)41-28-17-9-24(10-18-28)23-7-15-27(16-8-23)40-31(35)22(2)21-30(34)37-3/h4,7-18H,1-2,5-6,19-21H2,3H3. The Morgan fingerprint density at radius 3 is 1.83 bits per heavy atom. The highest BCUT2D eigenvalue weighted by atomic mass is 16.5. The van der Waals surface area contributed by atoms with E-state index in [-0.39, 0.29) is 12.0 Å². The minimum atomic E-state index is -0.711. The molecule has 0 aromatic heterocycles. The third-order valence-electron chi connectivity index (χ3n) is 5.65. The smallest absolute Gasteiger partial charge is 0.343 e. The van der Waals surface area contributed by atoms with E-state index in [0.29, 0.717) is 48.9 Å². The number of carbonyl (C=O) groups excluding carboxylic acids is 4. The molecule has 0 heterocycles. The van der Waals surface area contributed by atoms with Crippen LogP contribution >= 0.6 is 0 Å². The van der Waals surface area contributed by atoms with Crippen molar-refractivity contribution in [1.82, 2.24) is 0 Å². The monoisotopic (exact) mass is 558 g/mol. The van der Waals surface area contributed by atoms with Crippen molar-refractivity contribution in [3.05, 3.63) is 103 Å². The van der Waals surface area contributed by atoms with Gasteiger partial charge in [-0.3, -0.25) is 4.79 Å². The van der Waals surface area contributed by atoms with Crippen LogP contribution in [0.3, 0.4) is 0 Å². The van der Waals surface area contributed by atoms with Crippen LogP contribution in [0.5, 0.6) is 17.2 Å². The zero-order valence-electron chi connectivity index (χ0n) is 22.6. The number of ether oxygens (including phenoxy) is 5. The molecule has 0 unspecified atom stereocenters. The first kappa shape index (κ1) is 30.4. The van der Waals surface area contributed by atoms with Crippen molar-refractivity contribution in [3.63, 3.8) is 0 Å². The first-order chi connectivity index (χ1) is 19.8. The largest absolute Gasteiger partial charge is 0.494 e. The molecule has 0 fully saturated rings. The number of rotatable bonds is 14. The lowest BCUT2D eigenvalue weighted by atomic mass is 10.1. The first-order valence-electron chi connectivity index (χ1n) is 12.7. The SMILES string of the molecule is C=CC(=O)OCCCCOc1ccc(C(=O)Oc2ccc(-c3ccc(OC(=O)C(=C)CC(=O)OC)cc3)cc2)cc1. The average molecular weight is 559 g/mol. The van der Waals surface area contributed by atoms with Gasteiger partial charge < -0.3 is 23.7 Å². The Balaban J connectivity index is 1.46. The molecule has 3 aromatic carbocycles. The van der Waals surface area contributed by atoms with E-state index in [1.54, 1.807) is 72.8 Å². The van der Waals surface area contributed by atoms with Gasteiger partial charge in [0.15, 0.2) is 0 Å². The second kappa shape index (κ2) is 15.4. The predicted octanol–water partition coefficient (Wildman–Crippen LogP) is 5.49. The van der Waals surface area contributed by atoms with Gasteiger partial charge in [0.1, 0.15) is 17.2 Å². The molecule has 0 spiro atoms. The molecule has 3 rings (SSSR count). The van der Waals surface area contributed by atoms with Gasteiger partial charge in [-0.1, -0.05) is 37.4 Å². The molecule has 9 nitrogen and oxygen atoms in total. The molecule has 0 amide bonds. The second-order valence-electron chi connectivity index (χ2n) is 8.64. The molecule has 0 aliphatic heterocycles. The van der Waals surface area contributed by atoms with Crippen LogP contribution in [-0.4, -0.2) is 44.2 Å². The molecule has 0 saturated carbocycles. The predicted molar refractivity (Wildman–Crippen MR) is 151 cm³/mol. The van der Waals surface area contributed by atoms with Gasteiger partial charge in [0.25, 0.3) is 0 Å². The topological polar surface area (TPSA) is 114 Å². The van der Waals surface area contributed by atoms with Gasteiger partial charge in [0.2, 0.25) is 0 Å². The van der Waals surface area contributed by atoms with Gasteiger partial charge >= 0.3 is 23.9 Å². The summed E-state index contributed by atoms with van der Waals surface area (Å²) in [7, 11) is 1.23. The van der Waals surface area contributed by atoms with Gasteiger partial charge in [-0.25, -0.2) is 14.4 Å².